The van der Waals surface area contributed by atoms with Gasteiger partial charge in [-0.05, 0) is 35.9 Å². The molecule has 22 heavy (non-hydrogen) atoms. The average Bonchev–Trinajstić information content (AvgIpc) is 2.53. The predicted molar refractivity (Wildman–Crippen MR) is 87.3 cm³/mol. The molecule has 0 fully saturated rings. The molecule has 2 aromatic carbocycles. The number of benzene rings is 2. The Morgan fingerprint density at radius 2 is 2.05 bits per heavy atom. The Kier molecular flexibility index (Phi) is 5.99. The highest BCUT2D eigenvalue weighted by atomic mass is 79.9. The van der Waals surface area contributed by atoms with Crippen molar-refractivity contribution >= 4 is 21.8 Å². The van der Waals surface area contributed by atoms with E-state index < -0.39 is 0 Å². The number of carbonyl (C=O) groups is 1. The third-order valence-electron chi connectivity index (χ3n) is 2.94. The number of ether oxygens (including phenoxy) is 1. The van der Waals surface area contributed by atoms with Crippen LogP contribution in [0.25, 0.3) is 0 Å². The van der Waals surface area contributed by atoms with Crippen LogP contribution >= 0.6 is 15.9 Å². The first-order chi connectivity index (χ1) is 10.7. The van der Waals surface area contributed by atoms with Gasteiger partial charge in [0.05, 0.1) is 24.7 Å². The van der Waals surface area contributed by atoms with Gasteiger partial charge in [0.1, 0.15) is 5.75 Å². The molecular weight excluding hydrogens is 344 g/mol. The summed E-state index contributed by atoms with van der Waals surface area (Å²) >= 11 is 3.36. The fourth-order valence-electron chi connectivity index (χ4n) is 1.86. The second kappa shape index (κ2) is 8.20. The zero-order chi connectivity index (χ0) is 15.8. The average molecular weight is 359 g/mol. The van der Waals surface area contributed by atoms with Crippen molar-refractivity contribution < 1.29 is 9.53 Å². The lowest BCUT2D eigenvalue weighted by Crippen LogP contribution is -2.24. The molecule has 0 unspecified atom stereocenters. The van der Waals surface area contributed by atoms with Crippen molar-refractivity contribution in [3.63, 3.8) is 0 Å². The molecule has 1 amide bonds. The number of rotatable bonds is 6. The lowest BCUT2D eigenvalue weighted by molar-refractivity contribution is -0.121. The van der Waals surface area contributed by atoms with E-state index in [1.54, 1.807) is 18.2 Å². The van der Waals surface area contributed by atoms with Gasteiger partial charge in [-0.1, -0.05) is 34.1 Å². The fourth-order valence-corrected chi connectivity index (χ4v) is 2.24. The van der Waals surface area contributed by atoms with Crippen molar-refractivity contribution in [3.05, 3.63) is 64.1 Å². The van der Waals surface area contributed by atoms with Crippen LogP contribution in [0.1, 0.15) is 17.5 Å². The van der Waals surface area contributed by atoms with Crippen molar-refractivity contribution in [2.24, 2.45) is 0 Å². The van der Waals surface area contributed by atoms with Crippen molar-refractivity contribution in [2.45, 2.75) is 13.0 Å². The molecule has 0 bridgehead atoms. The summed E-state index contributed by atoms with van der Waals surface area (Å²) in [6.45, 7) is 0.728. The molecule has 5 heteroatoms. The normalized spacial score (nSPS) is 9.82. The molecule has 4 nitrogen and oxygen atoms in total. The smallest absolute Gasteiger partial charge is 0.223 e. The van der Waals surface area contributed by atoms with E-state index in [2.05, 4.69) is 27.3 Å². The lowest BCUT2D eigenvalue weighted by Gasteiger charge is -2.08. The molecular formula is C17H15BrN2O2. The molecule has 0 heterocycles. The van der Waals surface area contributed by atoms with E-state index in [-0.39, 0.29) is 12.3 Å². The Hall–Kier alpha value is -2.32. The topological polar surface area (TPSA) is 62.1 Å². The fraction of sp³-hybridized carbons (Fsp3) is 0.176. The minimum atomic E-state index is -0.0858. The van der Waals surface area contributed by atoms with Crippen LogP contribution in [0.15, 0.2) is 53.0 Å². The maximum Gasteiger partial charge on any atom is 0.223 e. The van der Waals surface area contributed by atoms with E-state index in [9.17, 15) is 4.79 Å². The Bertz CT molecular complexity index is 695. The third kappa shape index (κ3) is 5.23. The van der Waals surface area contributed by atoms with Crippen LogP contribution in [0.5, 0.6) is 5.75 Å². The standard InChI is InChI=1S/C17H15BrN2O2/c18-15-5-2-6-16(10-15)22-8-7-17(21)20-12-14-4-1-3-13(9-14)11-19/h1-6,9-10H,7-8,12H2,(H,20,21). The number of nitriles is 1. The minimum Gasteiger partial charge on any atom is -0.493 e. The first kappa shape index (κ1) is 16.1. The predicted octanol–water partition coefficient (Wildman–Crippen LogP) is 3.41. The largest absolute Gasteiger partial charge is 0.493 e. The van der Waals surface area contributed by atoms with Gasteiger partial charge in [-0.15, -0.1) is 0 Å². The van der Waals surface area contributed by atoms with Crippen molar-refractivity contribution in [2.75, 3.05) is 6.61 Å². The molecule has 0 saturated carbocycles. The van der Waals surface area contributed by atoms with Gasteiger partial charge in [-0.25, -0.2) is 0 Å². The number of carbonyl (C=O) groups excluding carboxylic acids is 1. The van der Waals surface area contributed by atoms with Crippen LogP contribution in [0.3, 0.4) is 0 Å². The number of halogens is 1. The molecule has 1 N–H and O–H groups in total. The van der Waals surface area contributed by atoms with Gasteiger partial charge in [0, 0.05) is 11.0 Å². The summed E-state index contributed by atoms with van der Waals surface area (Å²) in [5.41, 5.74) is 1.49. The van der Waals surface area contributed by atoms with Crippen LogP contribution in [-0.4, -0.2) is 12.5 Å². The van der Waals surface area contributed by atoms with Gasteiger partial charge in [0.25, 0.3) is 0 Å². The maximum absolute atomic E-state index is 11.8. The summed E-state index contributed by atoms with van der Waals surface area (Å²) in [5.74, 6) is 0.640. The zero-order valence-corrected chi connectivity index (χ0v) is 13.5. The molecule has 112 valence electrons. The highest BCUT2D eigenvalue weighted by Gasteiger charge is 2.03. The van der Waals surface area contributed by atoms with Crippen LogP contribution in [0, 0.1) is 11.3 Å². The van der Waals surface area contributed by atoms with Gasteiger partial charge in [0.15, 0.2) is 0 Å². The Balaban J connectivity index is 1.73. The number of hydrogen-bond acceptors (Lipinski definition) is 3. The first-order valence-electron chi connectivity index (χ1n) is 6.81. The van der Waals surface area contributed by atoms with Crippen LogP contribution in [0.2, 0.25) is 0 Å². The Morgan fingerprint density at radius 3 is 2.82 bits per heavy atom. The van der Waals surface area contributed by atoms with E-state index in [1.165, 1.54) is 0 Å². The molecule has 2 rings (SSSR count). The molecule has 2 aromatic rings. The molecule has 0 aliphatic carbocycles. The van der Waals surface area contributed by atoms with Crippen molar-refractivity contribution in [1.82, 2.24) is 5.32 Å². The molecule has 0 aliphatic heterocycles. The van der Waals surface area contributed by atoms with Gasteiger partial charge in [-0.2, -0.15) is 5.26 Å². The van der Waals surface area contributed by atoms with E-state index in [1.807, 2.05) is 30.3 Å². The molecule has 0 atom stereocenters. The summed E-state index contributed by atoms with van der Waals surface area (Å²) in [6.07, 6.45) is 0.282. The highest BCUT2D eigenvalue weighted by Crippen LogP contribution is 2.17. The third-order valence-corrected chi connectivity index (χ3v) is 3.43. The SMILES string of the molecule is N#Cc1cccc(CNC(=O)CCOc2cccc(Br)c2)c1. The van der Waals surface area contributed by atoms with E-state index in [0.29, 0.717) is 18.7 Å². The van der Waals surface area contributed by atoms with Gasteiger partial charge >= 0.3 is 0 Å². The summed E-state index contributed by atoms with van der Waals surface area (Å²) in [7, 11) is 0. The van der Waals surface area contributed by atoms with E-state index >= 15 is 0 Å². The van der Waals surface area contributed by atoms with Gasteiger partial charge in [-0.3, -0.25) is 4.79 Å². The van der Waals surface area contributed by atoms with Crippen molar-refractivity contribution in [1.29, 1.82) is 5.26 Å². The quantitative estimate of drug-likeness (QED) is 0.860. The summed E-state index contributed by atoms with van der Waals surface area (Å²) in [6, 6.07) is 16.7. The van der Waals surface area contributed by atoms with E-state index in [4.69, 9.17) is 10.00 Å². The number of amides is 1. The van der Waals surface area contributed by atoms with E-state index in [0.717, 1.165) is 15.8 Å². The molecule has 0 aromatic heterocycles. The number of hydrogen-bond donors (Lipinski definition) is 1. The van der Waals surface area contributed by atoms with Gasteiger partial charge in [0.2, 0.25) is 5.91 Å². The second-order valence-corrected chi connectivity index (χ2v) is 5.56. The van der Waals surface area contributed by atoms with Crippen molar-refractivity contribution in [3.8, 4) is 11.8 Å². The molecule has 0 spiro atoms. The Labute approximate surface area is 137 Å². The summed E-state index contributed by atoms with van der Waals surface area (Å²) in [4.78, 5) is 11.8. The molecule has 0 aliphatic rings. The van der Waals surface area contributed by atoms with Crippen LogP contribution in [0.4, 0.5) is 0 Å². The van der Waals surface area contributed by atoms with Crippen LogP contribution in [-0.2, 0) is 11.3 Å². The zero-order valence-electron chi connectivity index (χ0n) is 11.9. The van der Waals surface area contributed by atoms with Crippen LogP contribution < -0.4 is 10.1 Å². The lowest BCUT2D eigenvalue weighted by atomic mass is 10.1. The minimum absolute atomic E-state index is 0.0858. The number of nitrogens with one attached hydrogen (secondary N) is 1. The Morgan fingerprint density at radius 1 is 1.23 bits per heavy atom. The first-order valence-corrected chi connectivity index (χ1v) is 7.61. The highest BCUT2D eigenvalue weighted by molar-refractivity contribution is 9.10. The second-order valence-electron chi connectivity index (χ2n) is 4.64. The molecule has 0 saturated heterocycles. The summed E-state index contributed by atoms with van der Waals surface area (Å²) in [5, 5.41) is 11.6. The monoisotopic (exact) mass is 358 g/mol. The summed E-state index contributed by atoms with van der Waals surface area (Å²) < 4.78 is 6.45. The maximum atomic E-state index is 11.8. The molecule has 0 radical (unpaired) electrons. The number of nitrogens with zero attached hydrogens (tertiary/aromatic N) is 1. The van der Waals surface area contributed by atoms with Gasteiger partial charge < -0.3 is 10.1 Å².